The molecule has 1 fully saturated rings. The fraction of sp³-hybridized carbons (Fsp3) is 0.571. The summed E-state index contributed by atoms with van der Waals surface area (Å²) in [6.45, 7) is 3.55. The Morgan fingerprint density at radius 3 is 2.90 bits per heavy atom. The second-order valence-electron chi connectivity index (χ2n) is 2.58. The zero-order valence-corrected chi connectivity index (χ0v) is 5.96. The van der Waals surface area contributed by atoms with Gasteiger partial charge in [0.15, 0.2) is 0 Å². The predicted molar refractivity (Wildman–Crippen MR) is 37.2 cm³/mol. The molecule has 3 nitrogen and oxygen atoms in total. The Morgan fingerprint density at radius 2 is 2.60 bits per heavy atom. The molecule has 0 aliphatic heterocycles. The van der Waals surface area contributed by atoms with Gasteiger partial charge in [-0.25, -0.2) is 0 Å². The van der Waals surface area contributed by atoms with Crippen LogP contribution in [-0.4, -0.2) is 18.6 Å². The van der Waals surface area contributed by atoms with E-state index >= 15 is 0 Å². The lowest BCUT2D eigenvalue weighted by Crippen LogP contribution is -2.36. The number of hydrogen-bond donors (Lipinski definition) is 1. The van der Waals surface area contributed by atoms with Crippen LogP contribution in [0.5, 0.6) is 0 Å². The summed E-state index contributed by atoms with van der Waals surface area (Å²) in [5, 5.41) is 0. The van der Waals surface area contributed by atoms with Crippen molar-refractivity contribution in [3.63, 3.8) is 0 Å². The molecule has 0 radical (unpaired) electrons. The molecule has 3 heteroatoms. The lowest BCUT2D eigenvalue weighted by Gasteiger charge is -2.05. The molecular formula is C7H11NO2. The first-order chi connectivity index (χ1) is 4.65. The van der Waals surface area contributed by atoms with Gasteiger partial charge < -0.3 is 10.5 Å². The van der Waals surface area contributed by atoms with Crippen LogP contribution in [0.2, 0.25) is 0 Å². The maximum Gasteiger partial charge on any atom is 0.326 e. The Labute approximate surface area is 59.8 Å². The Bertz CT molecular complexity index is 178. The molecule has 0 saturated heterocycles. The highest BCUT2D eigenvalue weighted by Crippen LogP contribution is 2.42. The van der Waals surface area contributed by atoms with Crippen molar-refractivity contribution in [2.24, 2.45) is 11.7 Å². The average molecular weight is 141 g/mol. The maximum atomic E-state index is 10.9. The van der Waals surface area contributed by atoms with Crippen LogP contribution >= 0.6 is 0 Å². The van der Waals surface area contributed by atoms with Gasteiger partial charge in [-0.3, -0.25) is 4.79 Å². The van der Waals surface area contributed by atoms with Gasteiger partial charge in [0, 0.05) is 5.92 Å². The zero-order chi connectivity index (χ0) is 7.78. The summed E-state index contributed by atoms with van der Waals surface area (Å²) in [6.07, 6.45) is 2.36. The van der Waals surface area contributed by atoms with Crippen molar-refractivity contribution in [2.45, 2.75) is 12.0 Å². The zero-order valence-electron chi connectivity index (χ0n) is 5.96. The summed E-state index contributed by atoms with van der Waals surface area (Å²) < 4.78 is 4.50. The molecule has 0 aromatic rings. The average Bonchev–Trinajstić information content (AvgIpc) is 2.61. The van der Waals surface area contributed by atoms with Crippen molar-refractivity contribution in [1.29, 1.82) is 0 Å². The molecule has 10 heavy (non-hydrogen) atoms. The number of rotatable bonds is 2. The van der Waals surface area contributed by atoms with E-state index in [-0.39, 0.29) is 11.9 Å². The summed E-state index contributed by atoms with van der Waals surface area (Å²) in [5.74, 6) is -0.225. The fourth-order valence-corrected chi connectivity index (χ4v) is 1.02. The lowest BCUT2D eigenvalue weighted by atomic mass is 10.2. The van der Waals surface area contributed by atoms with Crippen LogP contribution in [0.3, 0.4) is 0 Å². The normalized spacial score (nSPS) is 36.8. The molecule has 0 unspecified atom stereocenters. The molecule has 0 heterocycles. The van der Waals surface area contributed by atoms with Gasteiger partial charge in [-0.05, 0) is 6.42 Å². The van der Waals surface area contributed by atoms with Crippen LogP contribution in [0.25, 0.3) is 0 Å². The molecule has 2 N–H and O–H groups in total. The number of carbonyl (C=O) groups is 1. The van der Waals surface area contributed by atoms with Crippen LogP contribution < -0.4 is 5.73 Å². The number of esters is 1. The van der Waals surface area contributed by atoms with Crippen molar-refractivity contribution < 1.29 is 9.53 Å². The minimum Gasteiger partial charge on any atom is -0.468 e. The van der Waals surface area contributed by atoms with Crippen molar-refractivity contribution in [3.05, 3.63) is 12.7 Å². The first-order valence-corrected chi connectivity index (χ1v) is 3.15. The third-order valence-electron chi connectivity index (χ3n) is 1.91. The van der Waals surface area contributed by atoms with Gasteiger partial charge in [-0.2, -0.15) is 0 Å². The molecule has 1 aliphatic carbocycles. The third-order valence-corrected chi connectivity index (χ3v) is 1.91. The van der Waals surface area contributed by atoms with Crippen LogP contribution in [-0.2, 0) is 9.53 Å². The van der Waals surface area contributed by atoms with Crippen LogP contribution in [0.4, 0.5) is 0 Å². The van der Waals surface area contributed by atoms with E-state index in [9.17, 15) is 4.79 Å². The molecular weight excluding hydrogens is 130 g/mol. The SMILES string of the molecule is C=C[C@@H]1C[C@]1(N)C(=O)OC. The highest BCUT2D eigenvalue weighted by molar-refractivity contribution is 5.85. The Kier molecular flexibility index (Phi) is 1.52. The topological polar surface area (TPSA) is 52.3 Å². The molecule has 0 spiro atoms. The van der Waals surface area contributed by atoms with Gasteiger partial charge in [0.05, 0.1) is 7.11 Å². The van der Waals surface area contributed by atoms with Crippen molar-refractivity contribution in [2.75, 3.05) is 7.11 Å². The second kappa shape index (κ2) is 2.09. The molecule has 1 rings (SSSR count). The second-order valence-corrected chi connectivity index (χ2v) is 2.58. The summed E-state index contributed by atoms with van der Waals surface area (Å²) in [5.41, 5.74) is 4.86. The van der Waals surface area contributed by atoms with Crippen LogP contribution in [0, 0.1) is 5.92 Å². The Morgan fingerprint density at radius 1 is 2.00 bits per heavy atom. The molecule has 0 aromatic heterocycles. The maximum absolute atomic E-state index is 10.9. The van der Waals surface area contributed by atoms with E-state index in [0.29, 0.717) is 6.42 Å². The van der Waals surface area contributed by atoms with Crippen LogP contribution in [0.1, 0.15) is 6.42 Å². The highest BCUT2D eigenvalue weighted by Gasteiger charge is 2.56. The standard InChI is InChI=1S/C7H11NO2/c1-3-5-4-7(5,8)6(9)10-2/h3,5H,1,4,8H2,2H3/t5-,7-/m1/s1. The minimum atomic E-state index is -0.753. The molecule has 0 bridgehead atoms. The summed E-state index contributed by atoms with van der Waals surface area (Å²) in [4.78, 5) is 10.9. The van der Waals surface area contributed by atoms with Gasteiger partial charge in [0.1, 0.15) is 5.54 Å². The van der Waals surface area contributed by atoms with E-state index in [4.69, 9.17) is 5.73 Å². The number of carbonyl (C=O) groups excluding carboxylic acids is 1. The first kappa shape index (κ1) is 7.28. The number of hydrogen-bond acceptors (Lipinski definition) is 3. The predicted octanol–water partition coefficient (Wildman–Crippen LogP) is 0.0628. The molecule has 56 valence electrons. The monoisotopic (exact) mass is 141 g/mol. The number of methoxy groups -OCH3 is 1. The van der Waals surface area contributed by atoms with Gasteiger partial charge in [0.25, 0.3) is 0 Å². The van der Waals surface area contributed by atoms with E-state index in [2.05, 4.69) is 11.3 Å². The van der Waals surface area contributed by atoms with Crippen LogP contribution in [0.15, 0.2) is 12.7 Å². The molecule has 0 amide bonds. The van der Waals surface area contributed by atoms with Crippen molar-refractivity contribution in [3.8, 4) is 0 Å². The van der Waals surface area contributed by atoms with E-state index in [1.54, 1.807) is 6.08 Å². The fourth-order valence-electron chi connectivity index (χ4n) is 1.02. The van der Waals surface area contributed by atoms with Gasteiger partial charge in [0.2, 0.25) is 0 Å². The van der Waals surface area contributed by atoms with E-state index < -0.39 is 5.54 Å². The molecule has 0 aromatic carbocycles. The largest absolute Gasteiger partial charge is 0.468 e. The smallest absolute Gasteiger partial charge is 0.326 e. The quantitative estimate of drug-likeness (QED) is 0.437. The summed E-state index contributed by atoms with van der Waals surface area (Å²) in [7, 11) is 1.34. The van der Waals surface area contributed by atoms with Crippen molar-refractivity contribution >= 4 is 5.97 Å². The first-order valence-electron chi connectivity index (χ1n) is 3.15. The molecule has 1 saturated carbocycles. The number of nitrogens with two attached hydrogens (primary N) is 1. The Balaban J connectivity index is 2.58. The van der Waals surface area contributed by atoms with Gasteiger partial charge >= 0.3 is 5.97 Å². The lowest BCUT2D eigenvalue weighted by molar-refractivity contribution is -0.143. The van der Waals surface area contributed by atoms with Gasteiger partial charge in [-0.1, -0.05) is 6.08 Å². The summed E-state index contributed by atoms with van der Waals surface area (Å²) in [6, 6.07) is 0. The Hall–Kier alpha value is -0.830. The third kappa shape index (κ3) is 0.827. The molecule has 1 aliphatic rings. The van der Waals surface area contributed by atoms with Crippen molar-refractivity contribution in [1.82, 2.24) is 0 Å². The highest BCUT2D eigenvalue weighted by atomic mass is 16.5. The van der Waals surface area contributed by atoms with Gasteiger partial charge in [-0.15, -0.1) is 6.58 Å². The number of ether oxygens (including phenoxy) is 1. The molecule has 2 atom stereocenters. The van der Waals surface area contributed by atoms with E-state index in [0.717, 1.165) is 0 Å². The minimum absolute atomic E-state index is 0.111. The van der Waals surface area contributed by atoms with E-state index in [1.165, 1.54) is 7.11 Å². The summed E-state index contributed by atoms with van der Waals surface area (Å²) >= 11 is 0. The van der Waals surface area contributed by atoms with E-state index in [1.807, 2.05) is 0 Å².